The Morgan fingerprint density at radius 2 is 1.94 bits per heavy atom. The SMILES string of the molecule is COc1cc(/C=C(\C#N)C(=O)Nc2cccc(Cl)c2C)c(Br)cc1OCc1ccc([N+](=O)[O-])cc1. The van der Waals surface area contributed by atoms with E-state index in [0.29, 0.717) is 37.8 Å². The van der Waals surface area contributed by atoms with E-state index in [4.69, 9.17) is 21.1 Å². The van der Waals surface area contributed by atoms with Gasteiger partial charge in [-0.1, -0.05) is 33.6 Å². The molecular weight excluding hydrogens is 538 g/mol. The third kappa shape index (κ3) is 6.38. The van der Waals surface area contributed by atoms with Crippen LogP contribution in [0, 0.1) is 28.4 Å². The van der Waals surface area contributed by atoms with Gasteiger partial charge >= 0.3 is 0 Å². The topological polar surface area (TPSA) is 114 Å². The van der Waals surface area contributed by atoms with Crippen LogP contribution in [-0.4, -0.2) is 17.9 Å². The van der Waals surface area contributed by atoms with Gasteiger partial charge in [-0.3, -0.25) is 14.9 Å². The highest BCUT2D eigenvalue weighted by Gasteiger charge is 2.15. The van der Waals surface area contributed by atoms with E-state index in [-0.39, 0.29) is 17.9 Å². The smallest absolute Gasteiger partial charge is 0.269 e. The van der Waals surface area contributed by atoms with Crippen LogP contribution in [0.5, 0.6) is 11.5 Å². The molecule has 0 radical (unpaired) electrons. The summed E-state index contributed by atoms with van der Waals surface area (Å²) >= 11 is 9.55. The molecule has 178 valence electrons. The Labute approximate surface area is 215 Å². The summed E-state index contributed by atoms with van der Waals surface area (Å²) in [7, 11) is 1.47. The highest BCUT2D eigenvalue weighted by molar-refractivity contribution is 9.10. The van der Waals surface area contributed by atoms with Gasteiger partial charge < -0.3 is 14.8 Å². The molecule has 3 aromatic carbocycles. The van der Waals surface area contributed by atoms with E-state index in [9.17, 15) is 20.2 Å². The van der Waals surface area contributed by atoms with Crippen LogP contribution in [-0.2, 0) is 11.4 Å². The van der Waals surface area contributed by atoms with Crippen LogP contribution in [0.4, 0.5) is 11.4 Å². The lowest BCUT2D eigenvalue weighted by atomic mass is 10.1. The van der Waals surface area contributed by atoms with Gasteiger partial charge in [0, 0.05) is 27.3 Å². The minimum Gasteiger partial charge on any atom is -0.493 e. The van der Waals surface area contributed by atoms with Crippen molar-refractivity contribution in [2.45, 2.75) is 13.5 Å². The number of carbonyl (C=O) groups is 1. The van der Waals surface area contributed by atoms with E-state index in [1.54, 1.807) is 49.4 Å². The van der Waals surface area contributed by atoms with Crippen molar-refractivity contribution in [3.05, 3.63) is 96.5 Å². The van der Waals surface area contributed by atoms with E-state index in [2.05, 4.69) is 21.2 Å². The maximum atomic E-state index is 12.7. The maximum absolute atomic E-state index is 12.7. The second kappa shape index (κ2) is 11.5. The monoisotopic (exact) mass is 555 g/mol. The van der Waals surface area contributed by atoms with Crippen LogP contribution < -0.4 is 14.8 Å². The minimum atomic E-state index is -0.581. The lowest BCUT2D eigenvalue weighted by Gasteiger charge is -2.13. The summed E-state index contributed by atoms with van der Waals surface area (Å²) in [5.41, 5.74) is 2.34. The van der Waals surface area contributed by atoms with Crippen molar-refractivity contribution in [1.29, 1.82) is 5.26 Å². The molecule has 0 bridgehead atoms. The van der Waals surface area contributed by atoms with E-state index < -0.39 is 10.8 Å². The molecule has 8 nitrogen and oxygen atoms in total. The first-order chi connectivity index (χ1) is 16.7. The van der Waals surface area contributed by atoms with Gasteiger partial charge in [-0.05, 0) is 66.1 Å². The molecule has 0 saturated carbocycles. The Morgan fingerprint density at radius 1 is 1.23 bits per heavy atom. The molecule has 35 heavy (non-hydrogen) atoms. The number of benzene rings is 3. The van der Waals surface area contributed by atoms with Gasteiger partial charge in [-0.25, -0.2) is 0 Å². The van der Waals surface area contributed by atoms with Crippen molar-refractivity contribution in [1.82, 2.24) is 0 Å². The Kier molecular flexibility index (Phi) is 8.47. The largest absolute Gasteiger partial charge is 0.493 e. The predicted molar refractivity (Wildman–Crippen MR) is 137 cm³/mol. The molecular formula is C25H19BrClN3O5. The molecule has 0 heterocycles. The van der Waals surface area contributed by atoms with E-state index in [1.807, 2.05) is 6.07 Å². The summed E-state index contributed by atoms with van der Waals surface area (Å²) in [5.74, 6) is 0.208. The van der Waals surface area contributed by atoms with Crippen molar-refractivity contribution >= 4 is 50.9 Å². The number of hydrogen-bond acceptors (Lipinski definition) is 6. The molecule has 0 fully saturated rings. The van der Waals surface area contributed by atoms with Crippen LogP contribution in [0.2, 0.25) is 5.02 Å². The van der Waals surface area contributed by atoms with Crippen LogP contribution in [0.25, 0.3) is 6.08 Å². The summed E-state index contributed by atoms with van der Waals surface area (Å²) in [6.45, 7) is 1.92. The number of nitriles is 1. The molecule has 0 aliphatic rings. The molecule has 0 unspecified atom stereocenters. The number of nitrogens with zero attached hydrogens (tertiary/aromatic N) is 2. The molecule has 0 aliphatic carbocycles. The fourth-order valence-corrected chi connectivity index (χ4v) is 3.66. The minimum absolute atomic E-state index is 0.00642. The number of non-ortho nitro benzene ring substituents is 1. The number of nitrogens with one attached hydrogen (secondary N) is 1. The summed E-state index contributed by atoms with van der Waals surface area (Å²) in [6.07, 6.45) is 1.43. The first-order valence-corrected chi connectivity index (χ1v) is 11.3. The molecule has 1 amide bonds. The third-order valence-corrected chi connectivity index (χ3v) is 6.10. The summed E-state index contributed by atoms with van der Waals surface area (Å²) in [5, 5.41) is 23.6. The zero-order valence-electron chi connectivity index (χ0n) is 18.7. The number of carbonyl (C=O) groups excluding carboxylic acids is 1. The van der Waals surface area contributed by atoms with Gasteiger partial charge in [0.25, 0.3) is 11.6 Å². The molecule has 1 N–H and O–H groups in total. The number of ether oxygens (including phenoxy) is 2. The molecule has 0 aromatic heterocycles. The molecule has 0 atom stereocenters. The number of hydrogen-bond donors (Lipinski definition) is 1. The molecule has 3 aromatic rings. The number of halogens is 2. The number of nitro benzene ring substituents is 1. The average molecular weight is 557 g/mol. The number of nitro groups is 1. The van der Waals surface area contributed by atoms with Gasteiger partial charge in [-0.15, -0.1) is 0 Å². The second-order valence-corrected chi connectivity index (χ2v) is 8.53. The Morgan fingerprint density at radius 3 is 2.57 bits per heavy atom. The fraction of sp³-hybridized carbons (Fsp3) is 0.120. The lowest BCUT2D eigenvalue weighted by Crippen LogP contribution is -2.14. The van der Waals surface area contributed by atoms with Crippen molar-refractivity contribution in [2.75, 3.05) is 12.4 Å². The summed E-state index contributed by atoms with van der Waals surface area (Å²) < 4.78 is 11.8. The van der Waals surface area contributed by atoms with Crippen LogP contribution in [0.3, 0.4) is 0 Å². The fourth-order valence-electron chi connectivity index (χ4n) is 3.05. The zero-order chi connectivity index (χ0) is 25.5. The van der Waals surface area contributed by atoms with Crippen LogP contribution in [0.1, 0.15) is 16.7 Å². The van der Waals surface area contributed by atoms with Gasteiger partial charge in [0.2, 0.25) is 0 Å². The van der Waals surface area contributed by atoms with Crippen LogP contribution >= 0.6 is 27.5 Å². The highest BCUT2D eigenvalue weighted by atomic mass is 79.9. The highest BCUT2D eigenvalue weighted by Crippen LogP contribution is 2.35. The molecule has 3 rings (SSSR count). The van der Waals surface area contributed by atoms with Gasteiger partial charge in [-0.2, -0.15) is 5.26 Å². The summed E-state index contributed by atoms with van der Waals surface area (Å²) in [6, 6.07) is 16.3. The number of methoxy groups -OCH3 is 1. The Balaban J connectivity index is 1.81. The molecule has 0 spiro atoms. The van der Waals surface area contributed by atoms with Gasteiger partial charge in [0.15, 0.2) is 11.5 Å². The van der Waals surface area contributed by atoms with E-state index >= 15 is 0 Å². The summed E-state index contributed by atoms with van der Waals surface area (Å²) in [4.78, 5) is 23.0. The molecule has 0 saturated heterocycles. The van der Waals surface area contributed by atoms with Crippen LogP contribution in [0.15, 0.2) is 64.6 Å². The Bertz CT molecular complexity index is 1350. The van der Waals surface area contributed by atoms with Gasteiger partial charge in [0.05, 0.1) is 12.0 Å². The van der Waals surface area contributed by atoms with Crippen molar-refractivity contribution in [3.8, 4) is 17.6 Å². The zero-order valence-corrected chi connectivity index (χ0v) is 21.0. The standard InChI is InChI=1S/C25H19BrClN3O5/c1-15-21(27)4-3-5-22(15)29-25(31)18(13-28)10-17-11-23(34-2)24(12-20(17)26)35-14-16-6-8-19(9-7-16)30(32)33/h3-12H,14H2,1-2H3,(H,29,31)/b18-10+. The predicted octanol–water partition coefficient (Wildman–Crippen LogP) is 6.45. The first kappa shape index (κ1) is 25.7. The average Bonchev–Trinajstić information content (AvgIpc) is 2.85. The number of amides is 1. The quantitative estimate of drug-likeness (QED) is 0.148. The Hall–Kier alpha value is -3.87. The first-order valence-electron chi connectivity index (χ1n) is 10.2. The molecule has 0 aliphatic heterocycles. The maximum Gasteiger partial charge on any atom is 0.269 e. The second-order valence-electron chi connectivity index (χ2n) is 7.27. The van der Waals surface area contributed by atoms with Gasteiger partial charge in [0.1, 0.15) is 18.2 Å². The van der Waals surface area contributed by atoms with E-state index in [1.165, 1.54) is 25.3 Å². The number of anilines is 1. The van der Waals surface area contributed by atoms with E-state index in [0.717, 1.165) is 5.56 Å². The third-order valence-electron chi connectivity index (χ3n) is 5.01. The van der Waals surface area contributed by atoms with Crippen molar-refractivity contribution < 1.29 is 19.2 Å². The molecule has 10 heteroatoms. The lowest BCUT2D eigenvalue weighted by molar-refractivity contribution is -0.384. The van der Waals surface area contributed by atoms with Crippen molar-refractivity contribution in [3.63, 3.8) is 0 Å². The van der Waals surface area contributed by atoms with Crippen molar-refractivity contribution in [2.24, 2.45) is 0 Å². The normalized spacial score (nSPS) is 10.9. The number of rotatable bonds is 8.